The molecule has 0 aliphatic heterocycles. The van der Waals surface area contributed by atoms with Gasteiger partial charge in [-0.3, -0.25) is 4.79 Å². The molecule has 3 nitrogen and oxygen atoms in total. The van der Waals surface area contributed by atoms with Crippen molar-refractivity contribution in [1.82, 2.24) is 4.98 Å². The van der Waals surface area contributed by atoms with E-state index in [0.717, 1.165) is 11.6 Å². The van der Waals surface area contributed by atoms with Crippen LogP contribution in [-0.4, -0.2) is 10.9 Å². The van der Waals surface area contributed by atoms with E-state index in [-0.39, 0.29) is 11.5 Å². The van der Waals surface area contributed by atoms with E-state index in [4.69, 9.17) is 11.6 Å². The van der Waals surface area contributed by atoms with Crippen molar-refractivity contribution in [2.45, 2.75) is 6.92 Å². The number of rotatable bonds is 2. The summed E-state index contributed by atoms with van der Waals surface area (Å²) in [5.74, 6) is -1.00. The van der Waals surface area contributed by atoms with Gasteiger partial charge in [0.15, 0.2) is 0 Å². The topological polar surface area (TPSA) is 42.0 Å². The van der Waals surface area contributed by atoms with E-state index in [0.29, 0.717) is 10.7 Å². The van der Waals surface area contributed by atoms with Crippen molar-refractivity contribution in [3.63, 3.8) is 0 Å². The number of benzene rings is 1. The summed E-state index contributed by atoms with van der Waals surface area (Å²) in [6, 6.07) is 7.80. The summed E-state index contributed by atoms with van der Waals surface area (Å²) in [7, 11) is 0. The van der Waals surface area contributed by atoms with Crippen molar-refractivity contribution in [2.24, 2.45) is 0 Å². The number of pyridine rings is 1. The molecule has 0 saturated heterocycles. The first-order chi connectivity index (χ1) is 8.56. The number of halogens is 2. The molecule has 1 heterocycles. The normalized spacial score (nSPS) is 10.2. The largest absolute Gasteiger partial charge is 0.321 e. The highest BCUT2D eigenvalue weighted by atomic mass is 35.5. The van der Waals surface area contributed by atoms with Crippen LogP contribution in [0.3, 0.4) is 0 Å². The van der Waals surface area contributed by atoms with Crippen LogP contribution < -0.4 is 5.32 Å². The van der Waals surface area contributed by atoms with E-state index in [9.17, 15) is 9.18 Å². The molecule has 1 aromatic carbocycles. The highest BCUT2D eigenvalue weighted by molar-refractivity contribution is 6.33. The number of anilines is 1. The Morgan fingerprint density at radius 2 is 2.11 bits per heavy atom. The highest BCUT2D eigenvalue weighted by Crippen LogP contribution is 2.23. The molecule has 0 spiro atoms. The van der Waals surface area contributed by atoms with Gasteiger partial charge in [-0.15, -0.1) is 0 Å². The van der Waals surface area contributed by atoms with Gasteiger partial charge < -0.3 is 5.32 Å². The number of aromatic nitrogens is 1. The maximum Gasteiger partial charge on any atom is 0.257 e. The van der Waals surface area contributed by atoms with Gasteiger partial charge in [0.05, 0.1) is 16.3 Å². The van der Waals surface area contributed by atoms with Crippen LogP contribution in [0.25, 0.3) is 0 Å². The van der Waals surface area contributed by atoms with E-state index in [2.05, 4.69) is 10.3 Å². The van der Waals surface area contributed by atoms with Crippen LogP contribution in [0.4, 0.5) is 10.1 Å². The molecule has 1 amide bonds. The molecular formula is C13H10ClFN2O. The molecule has 2 rings (SSSR count). The van der Waals surface area contributed by atoms with Crippen molar-refractivity contribution in [1.29, 1.82) is 0 Å². The van der Waals surface area contributed by atoms with Crippen LogP contribution in [0.2, 0.25) is 5.02 Å². The standard InChI is InChI=1S/C13H10ClFN2O/c1-8-2-4-10(14)11(6-8)17-13(18)9-3-5-12(15)16-7-9/h2-7H,1H3,(H,17,18). The molecule has 0 fully saturated rings. The van der Waals surface area contributed by atoms with E-state index in [1.54, 1.807) is 12.1 Å². The predicted octanol–water partition coefficient (Wildman–Crippen LogP) is 3.43. The van der Waals surface area contributed by atoms with Crippen molar-refractivity contribution in [2.75, 3.05) is 5.32 Å². The molecule has 0 unspecified atom stereocenters. The lowest BCUT2D eigenvalue weighted by Crippen LogP contribution is -2.12. The van der Waals surface area contributed by atoms with Gasteiger partial charge in [0.25, 0.3) is 5.91 Å². The van der Waals surface area contributed by atoms with E-state index >= 15 is 0 Å². The van der Waals surface area contributed by atoms with E-state index < -0.39 is 5.95 Å². The Morgan fingerprint density at radius 3 is 2.78 bits per heavy atom. The van der Waals surface area contributed by atoms with Gasteiger partial charge in [0, 0.05) is 6.20 Å². The minimum absolute atomic E-state index is 0.272. The second-order valence-electron chi connectivity index (χ2n) is 3.81. The highest BCUT2D eigenvalue weighted by Gasteiger charge is 2.09. The second kappa shape index (κ2) is 5.14. The lowest BCUT2D eigenvalue weighted by atomic mass is 10.2. The summed E-state index contributed by atoms with van der Waals surface area (Å²) in [4.78, 5) is 15.3. The molecule has 18 heavy (non-hydrogen) atoms. The van der Waals surface area contributed by atoms with Crippen molar-refractivity contribution in [3.05, 3.63) is 58.6 Å². The van der Waals surface area contributed by atoms with Crippen LogP contribution in [0.15, 0.2) is 36.5 Å². The van der Waals surface area contributed by atoms with Gasteiger partial charge in [-0.05, 0) is 36.8 Å². The average Bonchev–Trinajstić information content (AvgIpc) is 2.34. The number of carbonyl (C=O) groups is 1. The number of aryl methyl sites for hydroxylation is 1. The quantitative estimate of drug-likeness (QED) is 0.845. The Labute approximate surface area is 109 Å². The summed E-state index contributed by atoms with van der Waals surface area (Å²) < 4.78 is 12.6. The number of carbonyl (C=O) groups excluding carboxylic acids is 1. The minimum Gasteiger partial charge on any atom is -0.321 e. The molecule has 0 saturated carbocycles. The van der Waals surface area contributed by atoms with Crippen LogP contribution >= 0.6 is 11.6 Å². The predicted molar refractivity (Wildman–Crippen MR) is 68.3 cm³/mol. The first-order valence-electron chi connectivity index (χ1n) is 5.25. The lowest BCUT2D eigenvalue weighted by molar-refractivity contribution is 0.102. The van der Waals surface area contributed by atoms with Crippen molar-refractivity contribution >= 4 is 23.2 Å². The summed E-state index contributed by atoms with van der Waals surface area (Å²) in [5.41, 5.74) is 1.77. The number of amides is 1. The SMILES string of the molecule is Cc1ccc(Cl)c(NC(=O)c2ccc(F)nc2)c1. The Morgan fingerprint density at radius 1 is 1.33 bits per heavy atom. The Hall–Kier alpha value is -1.94. The van der Waals surface area contributed by atoms with Gasteiger partial charge in [0.1, 0.15) is 0 Å². The zero-order valence-electron chi connectivity index (χ0n) is 9.58. The van der Waals surface area contributed by atoms with Gasteiger partial charge >= 0.3 is 0 Å². The minimum atomic E-state index is -0.625. The summed E-state index contributed by atoms with van der Waals surface area (Å²) in [6.07, 6.45) is 1.17. The molecule has 0 bridgehead atoms. The molecule has 5 heteroatoms. The molecule has 0 atom stereocenters. The van der Waals surface area contributed by atoms with Gasteiger partial charge in [-0.25, -0.2) is 4.98 Å². The third-order valence-electron chi connectivity index (χ3n) is 2.36. The molecule has 1 N–H and O–H groups in total. The maximum absolute atomic E-state index is 12.6. The van der Waals surface area contributed by atoms with Gasteiger partial charge in [0.2, 0.25) is 5.95 Å². The fourth-order valence-electron chi connectivity index (χ4n) is 1.44. The molecular weight excluding hydrogens is 255 g/mol. The van der Waals surface area contributed by atoms with Gasteiger partial charge in [-0.2, -0.15) is 4.39 Å². The smallest absolute Gasteiger partial charge is 0.257 e. The van der Waals surface area contributed by atoms with Crippen LogP contribution in [0.5, 0.6) is 0 Å². The summed E-state index contributed by atoms with van der Waals surface area (Å²) in [5, 5.41) is 3.10. The molecule has 2 aromatic rings. The molecule has 0 aliphatic rings. The van der Waals surface area contributed by atoms with Crippen LogP contribution in [0, 0.1) is 12.9 Å². The van der Waals surface area contributed by atoms with Crippen LogP contribution in [0.1, 0.15) is 15.9 Å². The third-order valence-corrected chi connectivity index (χ3v) is 2.69. The fourth-order valence-corrected chi connectivity index (χ4v) is 1.60. The van der Waals surface area contributed by atoms with Crippen molar-refractivity contribution in [3.8, 4) is 0 Å². The van der Waals surface area contributed by atoms with E-state index in [1.165, 1.54) is 12.3 Å². The fraction of sp³-hybridized carbons (Fsp3) is 0.0769. The first kappa shape index (κ1) is 12.5. The molecule has 1 aromatic heterocycles. The Kier molecular flexibility index (Phi) is 3.58. The Bertz CT molecular complexity index is 584. The third kappa shape index (κ3) is 2.84. The molecule has 0 radical (unpaired) electrons. The first-order valence-corrected chi connectivity index (χ1v) is 5.63. The maximum atomic E-state index is 12.6. The van der Waals surface area contributed by atoms with Crippen LogP contribution in [-0.2, 0) is 0 Å². The zero-order valence-corrected chi connectivity index (χ0v) is 10.3. The second-order valence-corrected chi connectivity index (χ2v) is 4.21. The molecule has 0 aliphatic carbocycles. The number of hydrogen-bond donors (Lipinski definition) is 1. The monoisotopic (exact) mass is 264 g/mol. The summed E-state index contributed by atoms with van der Waals surface area (Å²) >= 11 is 5.96. The van der Waals surface area contributed by atoms with Gasteiger partial charge in [-0.1, -0.05) is 17.7 Å². The van der Waals surface area contributed by atoms with E-state index in [1.807, 2.05) is 13.0 Å². The Balaban J connectivity index is 2.21. The molecule has 92 valence electrons. The number of nitrogens with zero attached hydrogens (tertiary/aromatic N) is 1. The number of hydrogen-bond acceptors (Lipinski definition) is 2. The zero-order chi connectivity index (χ0) is 13.1. The summed E-state index contributed by atoms with van der Waals surface area (Å²) in [6.45, 7) is 1.89. The number of nitrogens with one attached hydrogen (secondary N) is 1. The lowest BCUT2D eigenvalue weighted by Gasteiger charge is -2.07. The average molecular weight is 265 g/mol. The van der Waals surface area contributed by atoms with Crippen molar-refractivity contribution < 1.29 is 9.18 Å².